The van der Waals surface area contributed by atoms with Gasteiger partial charge in [-0.15, -0.1) is 4.73 Å². The maximum absolute atomic E-state index is 10.5. The van der Waals surface area contributed by atoms with Gasteiger partial charge in [0, 0.05) is 13.1 Å². The number of para-hydroxylation sites is 1. The summed E-state index contributed by atoms with van der Waals surface area (Å²) in [6.07, 6.45) is 6.52. The molecule has 0 unspecified atom stereocenters. The minimum Gasteiger partial charge on any atom is -0.423 e. The zero-order chi connectivity index (χ0) is 15.6. The lowest BCUT2D eigenvalue weighted by Gasteiger charge is -2.37. The van der Waals surface area contributed by atoms with E-state index in [2.05, 4.69) is 20.0 Å². The standard InChI is InChI=1S/C16H18N6O/c23-22-15-14(11-17-12-18-15)19-16(22)21(13-7-3-1-4-8-13)20-9-5-2-6-10-20/h1,3-4,7-8,11-12,23H,2,5-6,9-10H2. The lowest BCUT2D eigenvalue weighted by Crippen LogP contribution is -2.44. The van der Waals surface area contributed by atoms with E-state index in [4.69, 9.17) is 0 Å². The van der Waals surface area contributed by atoms with Crippen molar-refractivity contribution >= 4 is 22.8 Å². The largest absolute Gasteiger partial charge is 0.423 e. The van der Waals surface area contributed by atoms with Crippen molar-refractivity contribution in [3.63, 3.8) is 0 Å². The Balaban J connectivity index is 1.84. The van der Waals surface area contributed by atoms with Gasteiger partial charge < -0.3 is 5.21 Å². The van der Waals surface area contributed by atoms with Crippen LogP contribution in [-0.4, -0.2) is 43.0 Å². The SMILES string of the molecule is On1c(N(c2ccccc2)N2CCCCC2)nc2cncnc21. The van der Waals surface area contributed by atoms with Gasteiger partial charge >= 0.3 is 0 Å². The van der Waals surface area contributed by atoms with E-state index in [-0.39, 0.29) is 0 Å². The fourth-order valence-corrected chi connectivity index (χ4v) is 3.00. The molecule has 1 aromatic carbocycles. The summed E-state index contributed by atoms with van der Waals surface area (Å²) in [4.78, 5) is 12.6. The van der Waals surface area contributed by atoms with E-state index in [9.17, 15) is 5.21 Å². The van der Waals surface area contributed by atoms with Crippen molar-refractivity contribution in [1.82, 2.24) is 24.7 Å². The molecule has 3 aromatic rings. The quantitative estimate of drug-likeness (QED) is 0.750. The lowest BCUT2D eigenvalue weighted by atomic mass is 10.1. The molecule has 1 aliphatic rings. The molecule has 1 N–H and O–H groups in total. The molecule has 1 saturated heterocycles. The van der Waals surface area contributed by atoms with Crippen molar-refractivity contribution in [2.24, 2.45) is 0 Å². The Morgan fingerprint density at radius 1 is 1.04 bits per heavy atom. The first-order valence-corrected chi connectivity index (χ1v) is 7.82. The van der Waals surface area contributed by atoms with Crippen LogP contribution >= 0.6 is 0 Å². The number of aromatic nitrogens is 4. The molecule has 7 nitrogen and oxygen atoms in total. The Labute approximate surface area is 133 Å². The third-order valence-electron chi connectivity index (χ3n) is 4.09. The average molecular weight is 310 g/mol. The number of benzene rings is 1. The van der Waals surface area contributed by atoms with Crippen LogP contribution in [0, 0.1) is 0 Å². The fourth-order valence-electron chi connectivity index (χ4n) is 3.00. The summed E-state index contributed by atoms with van der Waals surface area (Å²) in [5, 5.41) is 14.7. The second-order valence-corrected chi connectivity index (χ2v) is 5.62. The van der Waals surface area contributed by atoms with E-state index in [0.29, 0.717) is 17.1 Å². The number of fused-ring (bicyclic) bond motifs is 1. The van der Waals surface area contributed by atoms with Crippen LogP contribution in [0.1, 0.15) is 19.3 Å². The number of hydrogen-bond acceptors (Lipinski definition) is 6. The van der Waals surface area contributed by atoms with Crippen molar-refractivity contribution in [3.8, 4) is 0 Å². The number of anilines is 2. The predicted molar refractivity (Wildman–Crippen MR) is 86.5 cm³/mol. The minimum absolute atomic E-state index is 0.410. The van der Waals surface area contributed by atoms with Crippen LogP contribution < -0.4 is 5.01 Å². The Bertz CT molecular complexity index is 797. The van der Waals surface area contributed by atoms with Crippen molar-refractivity contribution in [3.05, 3.63) is 42.9 Å². The van der Waals surface area contributed by atoms with E-state index in [1.165, 1.54) is 12.7 Å². The molecule has 0 aliphatic carbocycles. The normalized spacial score (nSPS) is 15.8. The maximum Gasteiger partial charge on any atom is 0.261 e. The van der Waals surface area contributed by atoms with E-state index in [1.807, 2.05) is 35.3 Å². The summed E-state index contributed by atoms with van der Waals surface area (Å²) >= 11 is 0. The van der Waals surface area contributed by atoms with Crippen molar-refractivity contribution in [2.75, 3.05) is 18.1 Å². The fraction of sp³-hybridized carbons (Fsp3) is 0.312. The molecule has 2 aromatic heterocycles. The highest BCUT2D eigenvalue weighted by Crippen LogP contribution is 2.29. The van der Waals surface area contributed by atoms with Crippen LogP contribution in [-0.2, 0) is 0 Å². The van der Waals surface area contributed by atoms with Gasteiger partial charge in [-0.05, 0) is 25.0 Å². The first-order valence-electron chi connectivity index (χ1n) is 7.82. The number of imidazole rings is 1. The van der Waals surface area contributed by atoms with Crippen molar-refractivity contribution in [2.45, 2.75) is 19.3 Å². The summed E-state index contributed by atoms with van der Waals surface area (Å²) < 4.78 is 1.04. The van der Waals surface area contributed by atoms with Crippen LogP contribution in [0.2, 0.25) is 0 Å². The Hall–Kier alpha value is -2.67. The third-order valence-corrected chi connectivity index (χ3v) is 4.09. The molecule has 3 heterocycles. The van der Waals surface area contributed by atoms with Crippen LogP contribution in [0.15, 0.2) is 42.9 Å². The molecule has 1 fully saturated rings. The minimum atomic E-state index is 0.410. The van der Waals surface area contributed by atoms with Gasteiger partial charge in [-0.2, -0.15) is 0 Å². The molecule has 1 aliphatic heterocycles. The topological polar surface area (TPSA) is 70.3 Å². The van der Waals surface area contributed by atoms with E-state index >= 15 is 0 Å². The summed E-state index contributed by atoms with van der Waals surface area (Å²) in [6, 6.07) is 9.97. The van der Waals surface area contributed by atoms with Gasteiger partial charge in [-0.25, -0.2) is 25.0 Å². The zero-order valence-corrected chi connectivity index (χ0v) is 12.7. The first-order chi connectivity index (χ1) is 11.3. The highest BCUT2D eigenvalue weighted by Gasteiger charge is 2.26. The van der Waals surface area contributed by atoms with E-state index < -0.39 is 0 Å². The van der Waals surface area contributed by atoms with Crippen molar-refractivity contribution in [1.29, 1.82) is 0 Å². The molecule has 0 radical (unpaired) electrons. The van der Waals surface area contributed by atoms with Crippen LogP contribution in [0.4, 0.5) is 11.6 Å². The second kappa shape index (κ2) is 5.85. The van der Waals surface area contributed by atoms with Crippen LogP contribution in [0.3, 0.4) is 0 Å². The smallest absolute Gasteiger partial charge is 0.261 e. The maximum atomic E-state index is 10.5. The predicted octanol–water partition coefficient (Wildman–Crippen LogP) is 2.60. The average Bonchev–Trinajstić information content (AvgIpc) is 2.94. The first kappa shape index (κ1) is 14.0. The Morgan fingerprint density at radius 3 is 2.57 bits per heavy atom. The highest BCUT2D eigenvalue weighted by molar-refractivity contribution is 5.74. The van der Waals surface area contributed by atoms with Gasteiger partial charge in [0.2, 0.25) is 5.65 Å². The molecule has 118 valence electrons. The van der Waals surface area contributed by atoms with Gasteiger partial charge in [0.05, 0.1) is 11.9 Å². The van der Waals surface area contributed by atoms with E-state index in [1.54, 1.807) is 6.20 Å². The highest BCUT2D eigenvalue weighted by atomic mass is 16.5. The molecule has 0 bridgehead atoms. The molecule has 0 amide bonds. The van der Waals surface area contributed by atoms with Crippen LogP contribution in [0.25, 0.3) is 11.2 Å². The monoisotopic (exact) mass is 310 g/mol. The Kier molecular flexibility index (Phi) is 3.55. The molecular formula is C16H18N6O. The molecule has 7 heteroatoms. The summed E-state index contributed by atoms with van der Waals surface area (Å²) in [7, 11) is 0. The molecule has 23 heavy (non-hydrogen) atoms. The second-order valence-electron chi connectivity index (χ2n) is 5.62. The zero-order valence-electron chi connectivity index (χ0n) is 12.7. The third kappa shape index (κ3) is 2.49. The summed E-state index contributed by atoms with van der Waals surface area (Å²) in [6.45, 7) is 1.87. The van der Waals surface area contributed by atoms with Gasteiger partial charge in [-0.1, -0.05) is 24.6 Å². The van der Waals surface area contributed by atoms with Gasteiger partial charge in [-0.3, -0.25) is 0 Å². The lowest BCUT2D eigenvalue weighted by molar-refractivity contribution is 0.176. The Morgan fingerprint density at radius 2 is 1.83 bits per heavy atom. The van der Waals surface area contributed by atoms with Gasteiger partial charge in [0.15, 0.2) is 0 Å². The van der Waals surface area contributed by atoms with Crippen LogP contribution in [0.5, 0.6) is 0 Å². The summed E-state index contributed by atoms with van der Waals surface area (Å²) in [5.41, 5.74) is 1.95. The van der Waals surface area contributed by atoms with Gasteiger partial charge in [0.1, 0.15) is 11.8 Å². The molecule has 0 spiro atoms. The number of piperidine rings is 1. The van der Waals surface area contributed by atoms with Gasteiger partial charge in [0.25, 0.3) is 5.95 Å². The van der Waals surface area contributed by atoms with E-state index in [0.717, 1.165) is 36.3 Å². The molecular weight excluding hydrogens is 292 g/mol. The number of rotatable bonds is 3. The summed E-state index contributed by atoms with van der Waals surface area (Å²) in [5.74, 6) is 0.439. The molecule has 0 saturated carbocycles. The number of nitrogens with zero attached hydrogens (tertiary/aromatic N) is 6. The van der Waals surface area contributed by atoms with Crippen molar-refractivity contribution < 1.29 is 5.21 Å². The number of hydrogen-bond donors (Lipinski definition) is 1. The molecule has 4 rings (SSSR count). The molecule has 0 atom stereocenters. The number of hydrazine groups is 1.